The number of hydrogen-bond donors (Lipinski definition) is 1. The number of rotatable bonds is 9. The normalized spacial score (nSPS) is 12.5. The van der Waals surface area contributed by atoms with Gasteiger partial charge in [-0.3, -0.25) is 19.5 Å². The predicted octanol–water partition coefficient (Wildman–Crippen LogP) is 5.53. The van der Waals surface area contributed by atoms with E-state index in [1.165, 1.54) is 37.3 Å². The van der Waals surface area contributed by atoms with Gasteiger partial charge in [0.05, 0.1) is 35.6 Å². The predicted molar refractivity (Wildman–Crippen MR) is 142 cm³/mol. The molecule has 0 bridgehead atoms. The van der Waals surface area contributed by atoms with Crippen LogP contribution in [0, 0.1) is 16.7 Å². The Morgan fingerprint density at radius 1 is 1.15 bits per heavy atom. The Bertz CT molecular complexity index is 1300. The monoisotopic (exact) mass is 544 g/mol. The van der Waals surface area contributed by atoms with Crippen molar-refractivity contribution in [2.45, 2.75) is 40.8 Å². The van der Waals surface area contributed by atoms with E-state index in [-0.39, 0.29) is 40.2 Å². The molecule has 39 heavy (non-hydrogen) atoms. The summed E-state index contributed by atoms with van der Waals surface area (Å²) in [6.07, 6.45) is -3.53. The average molecular weight is 545 g/mol. The van der Waals surface area contributed by atoms with E-state index in [1.807, 2.05) is 26.8 Å². The number of nitrogens with zero attached hydrogens (tertiary/aromatic N) is 3. The van der Waals surface area contributed by atoms with E-state index in [0.29, 0.717) is 12.4 Å². The number of alkyl halides is 3. The van der Waals surface area contributed by atoms with Crippen molar-refractivity contribution in [2.75, 3.05) is 24.7 Å². The van der Waals surface area contributed by atoms with Gasteiger partial charge in [0.1, 0.15) is 18.4 Å². The van der Waals surface area contributed by atoms with E-state index in [2.05, 4.69) is 4.99 Å². The molecular formula is C28H31F3N4O4. The number of amides is 1. The first kappa shape index (κ1) is 30.9. The number of carbonyl (C=O) groups excluding carboxylic acids is 2. The quantitative estimate of drug-likeness (QED) is 0.252. The molecule has 0 aliphatic heterocycles. The summed E-state index contributed by atoms with van der Waals surface area (Å²) >= 11 is 0. The van der Waals surface area contributed by atoms with Crippen molar-refractivity contribution in [3.63, 3.8) is 0 Å². The maximum atomic E-state index is 13.6. The van der Waals surface area contributed by atoms with Crippen LogP contribution in [0.2, 0.25) is 0 Å². The van der Waals surface area contributed by atoms with Gasteiger partial charge in [-0.1, -0.05) is 26.8 Å². The zero-order valence-electron chi connectivity index (χ0n) is 22.4. The van der Waals surface area contributed by atoms with Crippen molar-refractivity contribution in [2.24, 2.45) is 16.1 Å². The molecule has 0 saturated carbocycles. The number of hydrogen-bond acceptors (Lipinski definition) is 7. The Kier molecular flexibility index (Phi) is 10.3. The molecule has 11 heteroatoms. The SMILES string of the molecule is CCOC(=O)CN(C(=O)C(C=Nc1cccc(C(F)(F)F)c1)=C(C)N)c1ccc(OCC(C)(C)C)c(C#N)c1. The van der Waals surface area contributed by atoms with Gasteiger partial charge in [-0.2, -0.15) is 18.4 Å². The molecule has 0 aromatic heterocycles. The summed E-state index contributed by atoms with van der Waals surface area (Å²) in [6.45, 7) is 8.81. The van der Waals surface area contributed by atoms with Crippen molar-refractivity contribution < 1.29 is 32.2 Å². The molecule has 2 aromatic carbocycles. The van der Waals surface area contributed by atoms with Crippen LogP contribution < -0.4 is 15.4 Å². The Hall–Kier alpha value is -4.33. The first-order chi connectivity index (χ1) is 18.2. The van der Waals surface area contributed by atoms with Gasteiger partial charge < -0.3 is 15.2 Å². The largest absolute Gasteiger partial charge is 0.492 e. The third-order valence-electron chi connectivity index (χ3n) is 5.07. The second kappa shape index (κ2) is 13.0. The molecule has 2 rings (SSSR count). The molecule has 0 fully saturated rings. The van der Waals surface area contributed by atoms with Gasteiger partial charge in [-0.25, -0.2) is 0 Å². The van der Waals surface area contributed by atoms with Crippen molar-refractivity contribution in [3.05, 3.63) is 64.9 Å². The molecular weight excluding hydrogens is 513 g/mol. The van der Waals surface area contributed by atoms with E-state index in [4.69, 9.17) is 15.2 Å². The van der Waals surface area contributed by atoms with Crippen LogP contribution in [0.3, 0.4) is 0 Å². The van der Waals surface area contributed by atoms with Gasteiger partial charge in [-0.05, 0) is 55.7 Å². The number of anilines is 1. The molecule has 0 aliphatic rings. The van der Waals surface area contributed by atoms with Gasteiger partial charge in [0.15, 0.2) is 0 Å². The van der Waals surface area contributed by atoms with Crippen LogP contribution in [0.5, 0.6) is 5.75 Å². The molecule has 1 amide bonds. The van der Waals surface area contributed by atoms with Crippen molar-refractivity contribution >= 4 is 29.5 Å². The van der Waals surface area contributed by atoms with E-state index < -0.39 is 30.2 Å². The second-order valence-electron chi connectivity index (χ2n) is 9.74. The summed E-state index contributed by atoms with van der Waals surface area (Å²) in [5.41, 5.74) is 4.97. The molecule has 2 aromatic rings. The molecule has 0 atom stereocenters. The number of ether oxygens (including phenoxy) is 2. The molecule has 208 valence electrons. The van der Waals surface area contributed by atoms with Crippen LogP contribution in [0.25, 0.3) is 0 Å². The smallest absolute Gasteiger partial charge is 0.416 e. The van der Waals surface area contributed by atoms with Crippen LogP contribution in [0.4, 0.5) is 24.5 Å². The topological polar surface area (TPSA) is 118 Å². The van der Waals surface area contributed by atoms with Crippen molar-refractivity contribution in [3.8, 4) is 11.8 Å². The first-order valence-corrected chi connectivity index (χ1v) is 12.0. The minimum Gasteiger partial charge on any atom is -0.492 e. The molecule has 0 saturated heterocycles. The highest BCUT2D eigenvalue weighted by Gasteiger charge is 2.30. The maximum absolute atomic E-state index is 13.6. The van der Waals surface area contributed by atoms with Gasteiger partial charge in [0.2, 0.25) is 0 Å². The van der Waals surface area contributed by atoms with E-state index in [1.54, 1.807) is 6.92 Å². The first-order valence-electron chi connectivity index (χ1n) is 12.0. The Morgan fingerprint density at radius 2 is 1.85 bits per heavy atom. The summed E-state index contributed by atoms with van der Waals surface area (Å²) in [6, 6.07) is 10.7. The summed E-state index contributed by atoms with van der Waals surface area (Å²) in [5.74, 6) is -1.19. The fourth-order valence-electron chi connectivity index (χ4n) is 3.18. The van der Waals surface area contributed by atoms with Gasteiger partial charge in [0.25, 0.3) is 5.91 Å². The van der Waals surface area contributed by atoms with Crippen LogP contribution in [-0.2, 0) is 20.5 Å². The molecule has 0 heterocycles. The summed E-state index contributed by atoms with van der Waals surface area (Å²) in [5, 5.41) is 9.69. The van der Waals surface area contributed by atoms with Crippen LogP contribution >= 0.6 is 0 Å². The fourth-order valence-corrected chi connectivity index (χ4v) is 3.18. The Labute approximate surface area is 225 Å². The van der Waals surface area contributed by atoms with Crippen LogP contribution in [-0.4, -0.2) is 37.8 Å². The summed E-state index contributed by atoms with van der Waals surface area (Å²) in [4.78, 5) is 31.0. The van der Waals surface area contributed by atoms with E-state index in [9.17, 15) is 28.0 Å². The number of nitriles is 1. The minimum absolute atomic E-state index is 0.00946. The highest BCUT2D eigenvalue weighted by Crippen LogP contribution is 2.32. The van der Waals surface area contributed by atoms with E-state index in [0.717, 1.165) is 23.2 Å². The lowest BCUT2D eigenvalue weighted by molar-refractivity contribution is -0.142. The lowest BCUT2D eigenvalue weighted by Crippen LogP contribution is -2.38. The molecule has 0 aliphatic carbocycles. The second-order valence-corrected chi connectivity index (χ2v) is 9.74. The number of nitrogens with two attached hydrogens (primary N) is 1. The number of allylic oxidation sites excluding steroid dienone is 1. The number of aliphatic imine (C=N–C) groups is 1. The number of esters is 1. The molecule has 0 unspecified atom stereocenters. The number of benzene rings is 2. The Balaban J connectivity index is 2.49. The lowest BCUT2D eigenvalue weighted by Gasteiger charge is -2.24. The highest BCUT2D eigenvalue weighted by atomic mass is 19.4. The van der Waals surface area contributed by atoms with Gasteiger partial charge >= 0.3 is 12.1 Å². The van der Waals surface area contributed by atoms with Crippen LogP contribution in [0.15, 0.2) is 58.7 Å². The molecule has 8 nitrogen and oxygen atoms in total. The average Bonchev–Trinajstić information content (AvgIpc) is 2.85. The minimum atomic E-state index is -4.57. The zero-order chi connectivity index (χ0) is 29.4. The lowest BCUT2D eigenvalue weighted by atomic mass is 9.98. The molecule has 2 N–H and O–H groups in total. The highest BCUT2D eigenvalue weighted by molar-refractivity contribution is 6.20. The molecule has 0 radical (unpaired) electrons. The Morgan fingerprint density at radius 3 is 2.41 bits per heavy atom. The van der Waals surface area contributed by atoms with Crippen LogP contribution in [0.1, 0.15) is 45.7 Å². The standard InChI is InChI=1S/C28H31F3N4O4/c1-6-38-25(36)16-35(22-10-11-24(19(12-22)14-32)39-17-27(3,4)5)26(37)23(18(2)33)15-34-21-9-7-8-20(13-21)28(29,30)31/h7-13,15H,6,16-17,33H2,1-5H3. The molecule has 0 spiro atoms. The maximum Gasteiger partial charge on any atom is 0.416 e. The van der Waals surface area contributed by atoms with E-state index >= 15 is 0 Å². The summed E-state index contributed by atoms with van der Waals surface area (Å²) in [7, 11) is 0. The zero-order valence-corrected chi connectivity index (χ0v) is 22.4. The van der Waals surface area contributed by atoms with Gasteiger partial charge in [0, 0.05) is 17.6 Å². The fraction of sp³-hybridized carbons (Fsp3) is 0.357. The van der Waals surface area contributed by atoms with Gasteiger partial charge in [-0.15, -0.1) is 0 Å². The third kappa shape index (κ3) is 9.17. The number of carbonyl (C=O) groups is 2. The van der Waals surface area contributed by atoms with Crippen molar-refractivity contribution in [1.29, 1.82) is 5.26 Å². The third-order valence-corrected chi connectivity index (χ3v) is 5.07. The van der Waals surface area contributed by atoms with Crippen molar-refractivity contribution in [1.82, 2.24) is 0 Å². The number of halogens is 3. The summed E-state index contributed by atoms with van der Waals surface area (Å²) < 4.78 is 50.0.